The first-order valence-corrected chi connectivity index (χ1v) is 8.45. The summed E-state index contributed by atoms with van der Waals surface area (Å²) in [5, 5.41) is 9.19. The van der Waals surface area contributed by atoms with Crippen molar-refractivity contribution in [3.05, 3.63) is 28.8 Å². The van der Waals surface area contributed by atoms with Crippen LogP contribution in [0.4, 0.5) is 10.5 Å². The minimum Gasteiger partial charge on any atom is -0.333 e. The van der Waals surface area contributed by atoms with Gasteiger partial charge >= 0.3 is 6.03 Å². The minimum absolute atomic E-state index is 0.100. The van der Waals surface area contributed by atoms with Gasteiger partial charge in [0.1, 0.15) is 0 Å². The lowest BCUT2D eigenvalue weighted by Gasteiger charge is -2.34. The molecule has 6 nitrogen and oxygen atoms in total. The summed E-state index contributed by atoms with van der Waals surface area (Å²) in [4.78, 5) is 26.6. The van der Waals surface area contributed by atoms with Crippen molar-refractivity contribution in [3.8, 4) is 0 Å². The summed E-state index contributed by atoms with van der Waals surface area (Å²) in [6.07, 6.45) is 0. The van der Waals surface area contributed by atoms with Gasteiger partial charge in [0.2, 0.25) is 0 Å². The Morgan fingerprint density at radius 3 is 2.67 bits per heavy atom. The van der Waals surface area contributed by atoms with Gasteiger partial charge in [0.25, 0.3) is 5.91 Å². The molecular formula is C17H25ClN4O2. The van der Waals surface area contributed by atoms with E-state index in [9.17, 15) is 9.59 Å². The Bertz CT molecular complexity index is 628. The van der Waals surface area contributed by atoms with E-state index in [-0.39, 0.29) is 23.5 Å². The van der Waals surface area contributed by atoms with E-state index in [2.05, 4.69) is 16.0 Å². The molecule has 132 valence electrons. The van der Waals surface area contributed by atoms with Crippen LogP contribution < -0.4 is 16.0 Å². The number of piperazine rings is 1. The van der Waals surface area contributed by atoms with Gasteiger partial charge in [-0.3, -0.25) is 4.79 Å². The lowest BCUT2D eigenvalue weighted by molar-refractivity contribution is 0.0656. The zero-order chi connectivity index (χ0) is 17.9. The van der Waals surface area contributed by atoms with Gasteiger partial charge < -0.3 is 20.9 Å². The summed E-state index contributed by atoms with van der Waals surface area (Å²) in [5.74, 6) is -0.117. The van der Waals surface area contributed by atoms with Crippen LogP contribution in [0.3, 0.4) is 0 Å². The number of carbonyl (C=O) groups excluding carboxylic acids is 2. The summed E-state index contributed by atoms with van der Waals surface area (Å²) in [6.45, 7) is 9.85. The Morgan fingerprint density at radius 1 is 1.33 bits per heavy atom. The number of nitrogens with one attached hydrogen (secondary N) is 3. The highest BCUT2D eigenvalue weighted by molar-refractivity contribution is 6.34. The normalized spacial score (nSPS) is 18.2. The smallest absolute Gasteiger partial charge is 0.319 e. The van der Waals surface area contributed by atoms with Crippen LogP contribution in [0.25, 0.3) is 0 Å². The third-order valence-electron chi connectivity index (χ3n) is 3.71. The third kappa shape index (κ3) is 4.85. The first kappa shape index (κ1) is 18.5. The highest BCUT2D eigenvalue weighted by Crippen LogP contribution is 2.23. The zero-order valence-electron chi connectivity index (χ0n) is 14.6. The predicted molar refractivity (Wildman–Crippen MR) is 96.7 cm³/mol. The van der Waals surface area contributed by atoms with Gasteiger partial charge in [-0.05, 0) is 45.9 Å². The molecule has 7 heteroatoms. The van der Waals surface area contributed by atoms with Crippen molar-refractivity contribution in [2.45, 2.75) is 39.3 Å². The van der Waals surface area contributed by atoms with Gasteiger partial charge in [0.05, 0.1) is 10.6 Å². The van der Waals surface area contributed by atoms with Gasteiger partial charge in [-0.15, -0.1) is 0 Å². The van der Waals surface area contributed by atoms with Crippen LogP contribution in [-0.4, -0.2) is 48.1 Å². The number of hydrogen-bond acceptors (Lipinski definition) is 3. The maximum absolute atomic E-state index is 12.8. The number of rotatable bonds is 2. The molecule has 0 aromatic heterocycles. The van der Waals surface area contributed by atoms with Crippen LogP contribution in [0.15, 0.2) is 18.2 Å². The third-order valence-corrected chi connectivity index (χ3v) is 4.03. The Balaban J connectivity index is 2.16. The number of carbonyl (C=O) groups is 2. The van der Waals surface area contributed by atoms with Crippen molar-refractivity contribution in [1.82, 2.24) is 15.5 Å². The van der Waals surface area contributed by atoms with Crippen molar-refractivity contribution in [2.24, 2.45) is 0 Å². The van der Waals surface area contributed by atoms with E-state index < -0.39 is 0 Å². The van der Waals surface area contributed by atoms with E-state index in [4.69, 9.17) is 11.6 Å². The fourth-order valence-electron chi connectivity index (χ4n) is 2.57. The predicted octanol–water partition coefficient (Wildman–Crippen LogP) is 2.69. The maximum Gasteiger partial charge on any atom is 0.319 e. The molecule has 1 aliphatic rings. The van der Waals surface area contributed by atoms with Crippen molar-refractivity contribution < 1.29 is 9.59 Å². The Morgan fingerprint density at radius 2 is 2.04 bits per heavy atom. The molecule has 1 heterocycles. The number of urea groups is 1. The van der Waals surface area contributed by atoms with E-state index in [1.54, 1.807) is 23.1 Å². The van der Waals surface area contributed by atoms with Gasteiger partial charge in [-0.25, -0.2) is 4.79 Å². The van der Waals surface area contributed by atoms with Crippen molar-refractivity contribution in [3.63, 3.8) is 0 Å². The molecule has 1 saturated heterocycles. The molecular weight excluding hydrogens is 328 g/mol. The fourth-order valence-corrected chi connectivity index (χ4v) is 2.77. The first-order chi connectivity index (χ1) is 11.2. The molecule has 0 radical (unpaired) electrons. The highest BCUT2D eigenvalue weighted by atomic mass is 35.5. The summed E-state index contributed by atoms with van der Waals surface area (Å²) in [7, 11) is 0. The molecule has 1 aliphatic heterocycles. The summed E-state index contributed by atoms with van der Waals surface area (Å²) >= 11 is 6.21. The number of benzene rings is 1. The average molecular weight is 353 g/mol. The SMILES string of the molecule is C[C@H]1CNCCN1C(=O)c1cc(NC(=O)NC(C)(C)C)ccc1Cl. The molecule has 3 N–H and O–H groups in total. The van der Waals surface area contributed by atoms with Crippen LogP contribution >= 0.6 is 11.6 Å². The van der Waals surface area contributed by atoms with Crippen LogP contribution in [-0.2, 0) is 0 Å². The van der Waals surface area contributed by atoms with E-state index in [0.29, 0.717) is 22.8 Å². The van der Waals surface area contributed by atoms with Crippen molar-refractivity contribution in [1.29, 1.82) is 0 Å². The summed E-state index contributed by atoms with van der Waals surface area (Å²) in [6, 6.07) is 4.72. The number of amides is 3. The number of anilines is 1. The van der Waals surface area contributed by atoms with Gasteiger partial charge in [0, 0.05) is 36.9 Å². The molecule has 0 unspecified atom stereocenters. The van der Waals surface area contributed by atoms with E-state index in [1.165, 1.54) is 0 Å². The maximum atomic E-state index is 12.8. The molecule has 0 aliphatic carbocycles. The Labute approximate surface area is 147 Å². The molecule has 0 bridgehead atoms. The number of halogens is 1. The van der Waals surface area contributed by atoms with Gasteiger partial charge in [-0.1, -0.05) is 11.6 Å². The summed E-state index contributed by atoms with van der Waals surface area (Å²) in [5.41, 5.74) is 0.594. The zero-order valence-corrected chi connectivity index (χ0v) is 15.3. The molecule has 2 rings (SSSR count). The molecule has 3 amide bonds. The fraction of sp³-hybridized carbons (Fsp3) is 0.529. The second-order valence-corrected chi connectivity index (χ2v) is 7.48. The first-order valence-electron chi connectivity index (χ1n) is 8.08. The average Bonchev–Trinajstić information content (AvgIpc) is 2.47. The second-order valence-electron chi connectivity index (χ2n) is 7.08. The van der Waals surface area contributed by atoms with Crippen LogP contribution in [0.2, 0.25) is 5.02 Å². The summed E-state index contributed by atoms with van der Waals surface area (Å²) < 4.78 is 0. The molecule has 1 atom stereocenters. The highest BCUT2D eigenvalue weighted by Gasteiger charge is 2.26. The van der Waals surface area contributed by atoms with E-state index in [0.717, 1.165) is 13.1 Å². The molecule has 0 saturated carbocycles. The quantitative estimate of drug-likeness (QED) is 0.766. The van der Waals surface area contributed by atoms with Gasteiger partial charge in [-0.2, -0.15) is 0 Å². The molecule has 24 heavy (non-hydrogen) atoms. The van der Waals surface area contributed by atoms with Crippen molar-refractivity contribution in [2.75, 3.05) is 25.0 Å². The van der Waals surface area contributed by atoms with E-state index in [1.807, 2.05) is 27.7 Å². The molecule has 1 fully saturated rings. The van der Waals surface area contributed by atoms with Crippen molar-refractivity contribution >= 4 is 29.2 Å². The van der Waals surface area contributed by atoms with Crippen LogP contribution in [0.5, 0.6) is 0 Å². The van der Waals surface area contributed by atoms with Crippen LogP contribution in [0, 0.1) is 0 Å². The second kappa shape index (κ2) is 7.40. The van der Waals surface area contributed by atoms with Crippen LogP contribution in [0.1, 0.15) is 38.1 Å². The monoisotopic (exact) mass is 352 g/mol. The lowest BCUT2D eigenvalue weighted by atomic mass is 10.1. The topological polar surface area (TPSA) is 73.5 Å². The Kier molecular flexibility index (Phi) is 5.72. The minimum atomic E-state index is -0.342. The number of hydrogen-bond donors (Lipinski definition) is 3. The van der Waals surface area contributed by atoms with E-state index >= 15 is 0 Å². The largest absolute Gasteiger partial charge is 0.333 e. The van der Waals surface area contributed by atoms with Gasteiger partial charge in [0.15, 0.2) is 0 Å². The number of nitrogens with zero attached hydrogens (tertiary/aromatic N) is 1. The molecule has 1 aromatic carbocycles. The standard InChI is InChI=1S/C17H25ClN4O2/c1-11-10-19-7-8-22(11)15(23)13-9-12(5-6-14(13)18)20-16(24)21-17(2,3)4/h5-6,9,11,19H,7-8,10H2,1-4H3,(H2,20,21,24)/t11-/m0/s1. The molecule has 0 spiro atoms. The Hall–Kier alpha value is -1.79. The lowest BCUT2D eigenvalue weighted by Crippen LogP contribution is -2.52. The molecule has 1 aromatic rings.